The van der Waals surface area contributed by atoms with Crippen LogP contribution in [0.25, 0.3) is 11.0 Å². The molecular formula is C14H22N4O. The van der Waals surface area contributed by atoms with Crippen molar-refractivity contribution in [2.75, 3.05) is 6.61 Å². The fourth-order valence-electron chi connectivity index (χ4n) is 2.22. The molecule has 19 heavy (non-hydrogen) atoms. The second-order valence-corrected chi connectivity index (χ2v) is 4.90. The second kappa shape index (κ2) is 6.63. The van der Waals surface area contributed by atoms with Crippen LogP contribution in [0.5, 0.6) is 0 Å². The minimum Gasteiger partial charge on any atom is -0.395 e. The Kier molecular flexibility index (Phi) is 4.87. The van der Waals surface area contributed by atoms with E-state index in [1.165, 1.54) is 0 Å². The van der Waals surface area contributed by atoms with Gasteiger partial charge in [-0.1, -0.05) is 19.8 Å². The summed E-state index contributed by atoms with van der Waals surface area (Å²) in [4.78, 5) is 11.7. The zero-order valence-corrected chi connectivity index (χ0v) is 11.6. The highest BCUT2D eigenvalue weighted by molar-refractivity contribution is 5.80. The Morgan fingerprint density at radius 1 is 1.42 bits per heavy atom. The SMILES string of the molecule is CCCCC(CO)NCc1c[nH]c2c(C)ncnc12. The quantitative estimate of drug-likeness (QED) is 0.712. The fourth-order valence-corrected chi connectivity index (χ4v) is 2.22. The molecule has 2 rings (SSSR count). The third kappa shape index (κ3) is 3.30. The van der Waals surface area contributed by atoms with E-state index < -0.39 is 0 Å². The molecule has 2 heterocycles. The Morgan fingerprint density at radius 2 is 2.26 bits per heavy atom. The van der Waals surface area contributed by atoms with Gasteiger partial charge in [0.25, 0.3) is 0 Å². The molecule has 0 fully saturated rings. The predicted octanol–water partition coefficient (Wildman–Crippen LogP) is 1.91. The molecule has 1 atom stereocenters. The van der Waals surface area contributed by atoms with Gasteiger partial charge in [0, 0.05) is 24.3 Å². The molecule has 0 aliphatic carbocycles. The molecule has 5 nitrogen and oxygen atoms in total. The normalized spacial score (nSPS) is 13.0. The van der Waals surface area contributed by atoms with Crippen molar-refractivity contribution < 1.29 is 5.11 Å². The second-order valence-electron chi connectivity index (χ2n) is 4.90. The fraction of sp³-hybridized carbons (Fsp3) is 0.571. The number of hydrogen-bond acceptors (Lipinski definition) is 4. The molecule has 0 spiro atoms. The topological polar surface area (TPSA) is 73.8 Å². The molecule has 0 radical (unpaired) electrons. The van der Waals surface area contributed by atoms with Gasteiger partial charge in [0.1, 0.15) is 6.33 Å². The lowest BCUT2D eigenvalue weighted by atomic mass is 10.1. The smallest absolute Gasteiger partial charge is 0.116 e. The van der Waals surface area contributed by atoms with Crippen LogP contribution in [0, 0.1) is 6.92 Å². The molecule has 5 heteroatoms. The number of aromatic amines is 1. The van der Waals surface area contributed by atoms with Gasteiger partial charge in [0.2, 0.25) is 0 Å². The Labute approximate surface area is 113 Å². The zero-order valence-electron chi connectivity index (χ0n) is 11.6. The molecule has 104 valence electrons. The van der Waals surface area contributed by atoms with Crippen molar-refractivity contribution in [3.63, 3.8) is 0 Å². The van der Waals surface area contributed by atoms with E-state index in [1.54, 1.807) is 6.33 Å². The Morgan fingerprint density at radius 3 is 3.00 bits per heavy atom. The van der Waals surface area contributed by atoms with Gasteiger partial charge in [-0.05, 0) is 13.3 Å². The summed E-state index contributed by atoms with van der Waals surface area (Å²) >= 11 is 0. The molecule has 2 aromatic heterocycles. The van der Waals surface area contributed by atoms with Crippen LogP contribution >= 0.6 is 0 Å². The van der Waals surface area contributed by atoms with Crippen LogP contribution in [-0.2, 0) is 6.54 Å². The largest absolute Gasteiger partial charge is 0.395 e. The lowest BCUT2D eigenvalue weighted by Gasteiger charge is -2.15. The Hall–Kier alpha value is -1.46. The first kappa shape index (κ1) is 14.0. The minimum absolute atomic E-state index is 0.160. The third-order valence-electron chi connectivity index (χ3n) is 3.44. The lowest BCUT2D eigenvalue weighted by molar-refractivity contribution is 0.232. The summed E-state index contributed by atoms with van der Waals surface area (Å²) in [5.41, 5.74) is 4.04. The van der Waals surface area contributed by atoms with Gasteiger partial charge in [-0.2, -0.15) is 0 Å². The number of nitrogens with zero attached hydrogens (tertiary/aromatic N) is 2. The standard InChI is InChI=1S/C14H22N4O/c1-3-4-5-12(8-19)15-6-11-7-16-13-10(2)17-9-18-14(11)13/h7,9,12,15-16,19H,3-6,8H2,1-2H3. The van der Waals surface area contributed by atoms with Gasteiger partial charge >= 0.3 is 0 Å². The number of unbranched alkanes of at least 4 members (excludes halogenated alkanes) is 1. The maximum Gasteiger partial charge on any atom is 0.116 e. The molecule has 2 aromatic rings. The number of nitrogens with one attached hydrogen (secondary N) is 2. The first-order valence-electron chi connectivity index (χ1n) is 6.88. The number of rotatable bonds is 7. The van der Waals surface area contributed by atoms with E-state index in [0.717, 1.165) is 41.6 Å². The number of aromatic nitrogens is 3. The van der Waals surface area contributed by atoms with E-state index in [0.29, 0.717) is 6.54 Å². The lowest BCUT2D eigenvalue weighted by Crippen LogP contribution is -2.31. The summed E-state index contributed by atoms with van der Waals surface area (Å²) in [5, 5.41) is 12.7. The number of aliphatic hydroxyl groups is 1. The molecule has 0 bridgehead atoms. The van der Waals surface area contributed by atoms with Crippen molar-refractivity contribution in [1.82, 2.24) is 20.3 Å². The highest BCUT2D eigenvalue weighted by Gasteiger charge is 2.10. The third-order valence-corrected chi connectivity index (χ3v) is 3.44. The van der Waals surface area contributed by atoms with Crippen molar-refractivity contribution in [1.29, 1.82) is 0 Å². The van der Waals surface area contributed by atoms with Crippen LogP contribution in [0.15, 0.2) is 12.5 Å². The first-order chi connectivity index (χ1) is 9.26. The van der Waals surface area contributed by atoms with Crippen molar-refractivity contribution >= 4 is 11.0 Å². The number of fused-ring (bicyclic) bond motifs is 1. The van der Waals surface area contributed by atoms with E-state index in [9.17, 15) is 5.11 Å². The molecule has 0 saturated heterocycles. The van der Waals surface area contributed by atoms with Crippen LogP contribution in [0.1, 0.15) is 37.4 Å². The van der Waals surface area contributed by atoms with Crippen LogP contribution in [-0.4, -0.2) is 32.7 Å². The van der Waals surface area contributed by atoms with E-state index in [4.69, 9.17) is 0 Å². The van der Waals surface area contributed by atoms with E-state index in [2.05, 4.69) is 27.2 Å². The number of aryl methyl sites for hydroxylation is 1. The van der Waals surface area contributed by atoms with Crippen LogP contribution in [0.2, 0.25) is 0 Å². The van der Waals surface area contributed by atoms with Crippen LogP contribution < -0.4 is 5.32 Å². The van der Waals surface area contributed by atoms with Gasteiger partial charge in [-0.3, -0.25) is 0 Å². The average molecular weight is 262 g/mol. The summed E-state index contributed by atoms with van der Waals surface area (Å²) in [5.74, 6) is 0. The number of hydrogen-bond donors (Lipinski definition) is 3. The Bertz CT molecular complexity index is 523. The van der Waals surface area contributed by atoms with Crippen molar-refractivity contribution in [2.45, 2.75) is 45.7 Å². The first-order valence-corrected chi connectivity index (χ1v) is 6.88. The van der Waals surface area contributed by atoms with Gasteiger partial charge in [0.15, 0.2) is 0 Å². The maximum atomic E-state index is 9.34. The minimum atomic E-state index is 0.160. The van der Waals surface area contributed by atoms with Gasteiger partial charge in [-0.25, -0.2) is 9.97 Å². The van der Waals surface area contributed by atoms with E-state index in [1.807, 2.05) is 13.1 Å². The summed E-state index contributed by atoms with van der Waals surface area (Å²) in [7, 11) is 0. The van der Waals surface area contributed by atoms with Crippen molar-refractivity contribution in [3.05, 3.63) is 23.8 Å². The van der Waals surface area contributed by atoms with Crippen molar-refractivity contribution in [2.24, 2.45) is 0 Å². The van der Waals surface area contributed by atoms with Crippen molar-refractivity contribution in [3.8, 4) is 0 Å². The summed E-state index contributed by atoms with van der Waals surface area (Å²) in [6.07, 6.45) is 6.84. The van der Waals surface area contributed by atoms with Gasteiger partial charge in [0.05, 0.1) is 23.3 Å². The Balaban J connectivity index is 2.03. The van der Waals surface area contributed by atoms with E-state index >= 15 is 0 Å². The number of H-pyrrole nitrogens is 1. The highest BCUT2D eigenvalue weighted by Crippen LogP contribution is 2.17. The molecule has 0 aromatic carbocycles. The van der Waals surface area contributed by atoms with Gasteiger partial charge < -0.3 is 15.4 Å². The zero-order chi connectivity index (χ0) is 13.7. The predicted molar refractivity (Wildman–Crippen MR) is 75.9 cm³/mol. The molecule has 3 N–H and O–H groups in total. The number of aliphatic hydroxyl groups excluding tert-OH is 1. The molecule has 0 saturated carbocycles. The van der Waals surface area contributed by atoms with Crippen LogP contribution in [0.4, 0.5) is 0 Å². The molecule has 1 unspecified atom stereocenters. The summed E-state index contributed by atoms with van der Waals surface area (Å²) in [6.45, 7) is 5.02. The average Bonchev–Trinajstić information content (AvgIpc) is 2.84. The molecule has 0 aliphatic rings. The van der Waals surface area contributed by atoms with E-state index in [-0.39, 0.29) is 12.6 Å². The van der Waals surface area contributed by atoms with Crippen LogP contribution in [0.3, 0.4) is 0 Å². The molecule has 0 aliphatic heterocycles. The highest BCUT2D eigenvalue weighted by atomic mass is 16.3. The molecular weight excluding hydrogens is 240 g/mol. The monoisotopic (exact) mass is 262 g/mol. The van der Waals surface area contributed by atoms with Gasteiger partial charge in [-0.15, -0.1) is 0 Å². The molecule has 0 amide bonds. The maximum absolute atomic E-state index is 9.34. The summed E-state index contributed by atoms with van der Waals surface area (Å²) in [6, 6.07) is 0.160. The summed E-state index contributed by atoms with van der Waals surface area (Å²) < 4.78 is 0.